The summed E-state index contributed by atoms with van der Waals surface area (Å²) in [5, 5.41) is 0. The van der Waals surface area contributed by atoms with E-state index < -0.39 is 0 Å². The summed E-state index contributed by atoms with van der Waals surface area (Å²) in [5.74, 6) is 0.512. The number of hydrogen-bond acceptors (Lipinski definition) is 7. The second-order valence-electron chi connectivity index (χ2n) is 9.88. The van der Waals surface area contributed by atoms with Crippen molar-refractivity contribution in [2.75, 3.05) is 37.6 Å². The first-order valence-electron chi connectivity index (χ1n) is 13.2. The van der Waals surface area contributed by atoms with Gasteiger partial charge in [-0.05, 0) is 36.6 Å². The summed E-state index contributed by atoms with van der Waals surface area (Å²) in [5.41, 5.74) is 3.14. The zero-order valence-electron chi connectivity index (χ0n) is 21.9. The average molecular weight is 548 g/mol. The first kappa shape index (κ1) is 26.6. The van der Waals surface area contributed by atoms with Gasteiger partial charge in [-0.25, -0.2) is 4.98 Å². The lowest BCUT2D eigenvalue weighted by atomic mass is 10.1. The predicted octanol–water partition coefficient (Wildman–Crippen LogP) is 4.72. The van der Waals surface area contributed by atoms with E-state index in [9.17, 15) is 9.59 Å². The molecule has 1 aromatic carbocycles. The standard InChI is InChI=1S/C29H33N5O2S2/c1-3-4-8-13-33-28(36)24(38-29(33)37)18-23-26(30-25-12-11-21(2)19-34(25)27(23)35)32-16-14-31(15-17-32)20-22-9-6-5-7-10-22/h5-7,9-12,18-19H,3-4,8,13-17,20H2,1-2H3/b24-18-. The number of piperazine rings is 1. The number of amides is 1. The average Bonchev–Trinajstić information content (AvgIpc) is 3.19. The molecule has 0 saturated carbocycles. The molecule has 0 N–H and O–H groups in total. The molecule has 2 aliphatic rings. The summed E-state index contributed by atoms with van der Waals surface area (Å²) < 4.78 is 2.14. The van der Waals surface area contributed by atoms with Gasteiger partial charge in [0.25, 0.3) is 11.5 Å². The molecule has 2 fully saturated rings. The van der Waals surface area contributed by atoms with E-state index in [4.69, 9.17) is 17.2 Å². The number of anilines is 1. The van der Waals surface area contributed by atoms with Crippen molar-refractivity contribution in [2.45, 2.75) is 39.7 Å². The maximum atomic E-state index is 13.8. The quantitative estimate of drug-likeness (QED) is 0.230. The van der Waals surface area contributed by atoms with Crippen LogP contribution >= 0.6 is 24.0 Å². The van der Waals surface area contributed by atoms with Gasteiger partial charge in [-0.3, -0.25) is 23.8 Å². The van der Waals surface area contributed by atoms with Gasteiger partial charge in [0.05, 0.1) is 10.5 Å². The first-order chi connectivity index (χ1) is 18.4. The second-order valence-corrected chi connectivity index (χ2v) is 11.6. The molecule has 3 aromatic rings. The molecule has 0 bridgehead atoms. The van der Waals surface area contributed by atoms with Crippen LogP contribution in [0.15, 0.2) is 58.4 Å². The number of nitrogens with zero attached hydrogens (tertiary/aromatic N) is 5. The number of rotatable bonds is 8. The lowest BCUT2D eigenvalue weighted by Gasteiger charge is -2.36. The Morgan fingerprint density at radius 2 is 1.79 bits per heavy atom. The van der Waals surface area contributed by atoms with E-state index in [1.165, 1.54) is 17.3 Å². The first-order valence-corrected chi connectivity index (χ1v) is 14.5. The van der Waals surface area contributed by atoms with Crippen LogP contribution in [0.5, 0.6) is 0 Å². The van der Waals surface area contributed by atoms with Crippen LogP contribution in [-0.2, 0) is 11.3 Å². The lowest BCUT2D eigenvalue weighted by Crippen LogP contribution is -2.47. The highest BCUT2D eigenvalue weighted by molar-refractivity contribution is 8.26. The Morgan fingerprint density at radius 3 is 2.53 bits per heavy atom. The number of aromatic nitrogens is 2. The van der Waals surface area contributed by atoms with Crippen molar-refractivity contribution in [2.24, 2.45) is 0 Å². The highest BCUT2D eigenvalue weighted by atomic mass is 32.2. The molecule has 198 valence electrons. The van der Waals surface area contributed by atoms with Gasteiger partial charge in [0.2, 0.25) is 0 Å². The Morgan fingerprint density at radius 1 is 1.03 bits per heavy atom. The predicted molar refractivity (Wildman–Crippen MR) is 160 cm³/mol. The molecule has 0 radical (unpaired) electrons. The van der Waals surface area contributed by atoms with Crippen molar-refractivity contribution < 1.29 is 4.79 Å². The zero-order valence-corrected chi connectivity index (χ0v) is 23.6. The van der Waals surface area contributed by atoms with E-state index in [1.807, 2.05) is 25.1 Å². The third-order valence-corrected chi connectivity index (χ3v) is 8.42. The van der Waals surface area contributed by atoms with E-state index in [0.29, 0.717) is 32.8 Å². The van der Waals surface area contributed by atoms with Crippen LogP contribution in [0.3, 0.4) is 0 Å². The number of carbonyl (C=O) groups excluding carboxylic acids is 1. The van der Waals surface area contributed by atoms with Gasteiger partial charge in [0, 0.05) is 45.5 Å². The Bertz CT molecular complexity index is 1430. The van der Waals surface area contributed by atoms with Crippen LogP contribution in [0.2, 0.25) is 0 Å². The number of fused-ring (bicyclic) bond motifs is 1. The van der Waals surface area contributed by atoms with Crippen LogP contribution < -0.4 is 10.5 Å². The SMILES string of the molecule is CCCCCN1C(=O)/C(=C/c2c(N3CCN(Cc4ccccc4)CC3)nc3ccc(C)cn3c2=O)SC1=S. The lowest BCUT2D eigenvalue weighted by molar-refractivity contribution is -0.122. The molecule has 9 heteroatoms. The number of carbonyl (C=O) groups is 1. The highest BCUT2D eigenvalue weighted by Gasteiger charge is 2.33. The van der Waals surface area contributed by atoms with E-state index >= 15 is 0 Å². The normalized spacial score (nSPS) is 17.8. The Kier molecular flexibility index (Phi) is 8.26. The number of hydrogen-bond donors (Lipinski definition) is 0. The fourth-order valence-electron chi connectivity index (χ4n) is 4.92. The smallest absolute Gasteiger partial charge is 0.267 e. The molecule has 2 aliphatic heterocycles. The topological polar surface area (TPSA) is 61.2 Å². The number of benzene rings is 1. The van der Waals surface area contributed by atoms with E-state index in [-0.39, 0.29) is 11.5 Å². The summed E-state index contributed by atoms with van der Waals surface area (Å²) >= 11 is 6.80. The molecular weight excluding hydrogens is 514 g/mol. The summed E-state index contributed by atoms with van der Waals surface area (Å²) in [6.45, 7) is 8.82. The second kappa shape index (κ2) is 11.8. The van der Waals surface area contributed by atoms with Crippen molar-refractivity contribution in [3.05, 3.63) is 80.6 Å². The Hall–Kier alpha value is -3.01. The Balaban J connectivity index is 1.45. The maximum absolute atomic E-state index is 13.8. The molecule has 2 aromatic heterocycles. The largest absolute Gasteiger partial charge is 0.353 e. The van der Waals surface area contributed by atoms with E-state index in [1.54, 1.807) is 21.6 Å². The molecule has 0 atom stereocenters. The van der Waals surface area contributed by atoms with Crippen LogP contribution in [0.25, 0.3) is 11.7 Å². The van der Waals surface area contributed by atoms with Crippen LogP contribution in [-0.4, -0.2) is 62.1 Å². The number of aryl methyl sites for hydroxylation is 1. The molecule has 38 heavy (non-hydrogen) atoms. The summed E-state index contributed by atoms with van der Waals surface area (Å²) in [4.78, 5) is 38.7. The molecule has 1 amide bonds. The number of pyridine rings is 1. The summed E-state index contributed by atoms with van der Waals surface area (Å²) in [6.07, 6.45) is 6.56. The molecule has 5 rings (SSSR count). The molecule has 7 nitrogen and oxygen atoms in total. The van der Waals surface area contributed by atoms with E-state index in [2.05, 4.69) is 41.0 Å². The van der Waals surface area contributed by atoms with Gasteiger partial charge in [0.1, 0.15) is 15.8 Å². The fraction of sp³-hybridized carbons (Fsp3) is 0.379. The highest BCUT2D eigenvalue weighted by Crippen LogP contribution is 2.34. The number of unbranched alkanes of at least 4 members (excludes halogenated alkanes) is 2. The monoisotopic (exact) mass is 547 g/mol. The zero-order chi connectivity index (χ0) is 26.6. The maximum Gasteiger partial charge on any atom is 0.267 e. The minimum atomic E-state index is -0.170. The van der Waals surface area contributed by atoms with Crippen LogP contribution in [0, 0.1) is 6.92 Å². The molecule has 0 spiro atoms. The minimum absolute atomic E-state index is 0.122. The van der Waals surface area contributed by atoms with E-state index in [0.717, 1.165) is 57.5 Å². The molecular formula is C29H33N5O2S2. The van der Waals surface area contributed by atoms with Gasteiger partial charge in [-0.1, -0.05) is 80.1 Å². The number of thioether (sulfide) groups is 1. The van der Waals surface area contributed by atoms with Crippen LogP contribution in [0.4, 0.5) is 5.82 Å². The van der Waals surface area contributed by atoms with Gasteiger partial charge in [-0.15, -0.1) is 0 Å². The van der Waals surface area contributed by atoms with Crippen molar-refractivity contribution in [1.29, 1.82) is 0 Å². The van der Waals surface area contributed by atoms with Crippen molar-refractivity contribution in [1.82, 2.24) is 19.2 Å². The molecule has 0 unspecified atom stereocenters. The van der Waals surface area contributed by atoms with Crippen LogP contribution in [0.1, 0.15) is 42.9 Å². The van der Waals surface area contributed by atoms with Gasteiger partial charge in [0.15, 0.2) is 0 Å². The third kappa shape index (κ3) is 5.70. The molecule has 0 aliphatic carbocycles. The van der Waals surface area contributed by atoms with Gasteiger partial charge >= 0.3 is 0 Å². The van der Waals surface area contributed by atoms with Crippen molar-refractivity contribution in [3.63, 3.8) is 0 Å². The fourth-order valence-corrected chi connectivity index (χ4v) is 6.21. The summed E-state index contributed by atoms with van der Waals surface area (Å²) in [7, 11) is 0. The summed E-state index contributed by atoms with van der Waals surface area (Å²) in [6, 6.07) is 14.3. The van der Waals surface area contributed by atoms with Crippen molar-refractivity contribution >= 4 is 51.7 Å². The van der Waals surface area contributed by atoms with Gasteiger partial charge in [-0.2, -0.15) is 0 Å². The Labute approximate surface area is 233 Å². The number of thiocarbonyl (C=S) groups is 1. The van der Waals surface area contributed by atoms with Gasteiger partial charge < -0.3 is 4.90 Å². The minimum Gasteiger partial charge on any atom is -0.353 e. The third-order valence-electron chi connectivity index (χ3n) is 7.04. The molecule has 2 saturated heterocycles. The van der Waals surface area contributed by atoms with Crippen molar-refractivity contribution in [3.8, 4) is 0 Å². The molecule has 4 heterocycles.